The SMILES string of the molecule is [B]c1cnc(P)c(C(C)C)c1. The average Bonchev–Trinajstić information content (AvgIpc) is 1.94. The fourth-order valence-corrected chi connectivity index (χ4v) is 1.46. The zero-order valence-corrected chi connectivity index (χ0v) is 7.99. The van der Waals surface area contributed by atoms with Crippen LogP contribution in [-0.4, -0.2) is 12.8 Å². The van der Waals surface area contributed by atoms with Crippen LogP contribution in [0.4, 0.5) is 0 Å². The number of rotatable bonds is 1. The smallest absolute Gasteiger partial charge is 0.115 e. The summed E-state index contributed by atoms with van der Waals surface area (Å²) in [5.41, 5.74) is 2.93. The van der Waals surface area contributed by atoms with Gasteiger partial charge in [-0.3, -0.25) is 4.98 Å². The highest BCUT2D eigenvalue weighted by atomic mass is 31.0. The third-order valence-electron chi connectivity index (χ3n) is 1.59. The van der Waals surface area contributed by atoms with Crippen LogP contribution in [-0.2, 0) is 0 Å². The second-order valence-corrected chi connectivity index (χ2v) is 3.44. The lowest BCUT2D eigenvalue weighted by Gasteiger charge is -2.08. The second kappa shape index (κ2) is 3.36. The summed E-state index contributed by atoms with van der Waals surface area (Å²) < 4.78 is 0. The summed E-state index contributed by atoms with van der Waals surface area (Å²) >= 11 is 0. The molecule has 3 heteroatoms. The highest BCUT2D eigenvalue weighted by Crippen LogP contribution is 2.10. The standard InChI is InChI=1S/C8H11BNP/c1-5(2)7-3-6(9)4-10-8(7)11/h3-5H,11H2,1-2H3. The van der Waals surface area contributed by atoms with Gasteiger partial charge in [-0.1, -0.05) is 34.6 Å². The van der Waals surface area contributed by atoms with E-state index in [1.807, 2.05) is 6.07 Å². The Balaban J connectivity index is 3.13. The lowest BCUT2D eigenvalue weighted by Crippen LogP contribution is -2.15. The van der Waals surface area contributed by atoms with Crippen molar-refractivity contribution in [3.63, 3.8) is 0 Å². The van der Waals surface area contributed by atoms with E-state index in [0.717, 1.165) is 10.9 Å². The van der Waals surface area contributed by atoms with E-state index in [1.165, 1.54) is 5.56 Å². The molecule has 0 spiro atoms. The van der Waals surface area contributed by atoms with Crippen molar-refractivity contribution in [2.45, 2.75) is 19.8 Å². The zero-order chi connectivity index (χ0) is 8.43. The quantitative estimate of drug-likeness (QED) is 0.433. The normalized spacial score (nSPS) is 10.5. The second-order valence-electron chi connectivity index (χ2n) is 2.90. The van der Waals surface area contributed by atoms with Crippen LogP contribution in [0.25, 0.3) is 0 Å². The Kier molecular flexibility index (Phi) is 2.67. The van der Waals surface area contributed by atoms with Gasteiger partial charge in [0, 0.05) is 6.20 Å². The molecule has 1 aromatic rings. The first-order chi connectivity index (χ1) is 5.11. The molecule has 0 aliphatic carbocycles. The van der Waals surface area contributed by atoms with Crippen molar-refractivity contribution in [3.05, 3.63) is 17.8 Å². The van der Waals surface area contributed by atoms with Crippen LogP contribution in [0.2, 0.25) is 0 Å². The lowest BCUT2D eigenvalue weighted by molar-refractivity contribution is 0.870. The van der Waals surface area contributed by atoms with Gasteiger partial charge in [0.25, 0.3) is 0 Å². The number of pyridine rings is 1. The summed E-state index contributed by atoms with van der Waals surface area (Å²) in [6.07, 6.45) is 1.67. The third-order valence-corrected chi connectivity index (χ3v) is 2.08. The fraction of sp³-hybridized carbons (Fsp3) is 0.375. The van der Waals surface area contributed by atoms with Gasteiger partial charge in [-0.15, -0.1) is 0 Å². The van der Waals surface area contributed by atoms with Gasteiger partial charge in [0.05, 0.1) is 5.44 Å². The Morgan fingerprint density at radius 2 is 2.18 bits per heavy atom. The summed E-state index contributed by atoms with van der Waals surface area (Å²) in [7, 11) is 8.20. The summed E-state index contributed by atoms with van der Waals surface area (Å²) in [5, 5.41) is 0. The van der Waals surface area contributed by atoms with Gasteiger partial charge in [-0.05, 0) is 11.5 Å². The van der Waals surface area contributed by atoms with Gasteiger partial charge in [0.15, 0.2) is 0 Å². The minimum atomic E-state index is 0.485. The van der Waals surface area contributed by atoms with E-state index in [9.17, 15) is 0 Å². The molecule has 0 aromatic carbocycles. The van der Waals surface area contributed by atoms with E-state index in [1.54, 1.807) is 6.20 Å². The van der Waals surface area contributed by atoms with Gasteiger partial charge in [0.2, 0.25) is 0 Å². The van der Waals surface area contributed by atoms with Crippen molar-refractivity contribution in [3.8, 4) is 0 Å². The molecule has 0 aliphatic rings. The van der Waals surface area contributed by atoms with E-state index < -0.39 is 0 Å². The van der Waals surface area contributed by atoms with E-state index >= 15 is 0 Å². The van der Waals surface area contributed by atoms with Gasteiger partial charge in [-0.25, -0.2) is 0 Å². The molecule has 0 fully saturated rings. The van der Waals surface area contributed by atoms with E-state index in [2.05, 4.69) is 28.1 Å². The molecule has 2 radical (unpaired) electrons. The molecule has 0 saturated heterocycles. The van der Waals surface area contributed by atoms with E-state index in [0.29, 0.717) is 5.92 Å². The van der Waals surface area contributed by atoms with Crippen molar-refractivity contribution in [2.24, 2.45) is 0 Å². The molecule has 1 rings (SSSR count). The molecule has 0 bridgehead atoms. The van der Waals surface area contributed by atoms with Gasteiger partial charge in [0.1, 0.15) is 7.85 Å². The van der Waals surface area contributed by atoms with E-state index in [-0.39, 0.29) is 0 Å². The van der Waals surface area contributed by atoms with Crippen LogP contribution in [0.3, 0.4) is 0 Å². The number of nitrogens with zero attached hydrogens (tertiary/aromatic N) is 1. The van der Waals surface area contributed by atoms with Gasteiger partial charge < -0.3 is 0 Å². The summed E-state index contributed by atoms with van der Waals surface area (Å²) in [6.45, 7) is 4.26. The Morgan fingerprint density at radius 1 is 1.55 bits per heavy atom. The van der Waals surface area contributed by atoms with Crippen molar-refractivity contribution in [1.29, 1.82) is 0 Å². The molecule has 56 valence electrons. The van der Waals surface area contributed by atoms with Crippen LogP contribution >= 0.6 is 9.24 Å². The third kappa shape index (κ3) is 2.03. The fourth-order valence-electron chi connectivity index (χ4n) is 0.972. The zero-order valence-electron chi connectivity index (χ0n) is 6.83. The topological polar surface area (TPSA) is 12.9 Å². The highest BCUT2D eigenvalue weighted by molar-refractivity contribution is 7.27. The van der Waals surface area contributed by atoms with Crippen molar-refractivity contribution < 1.29 is 0 Å². The molecule has 1 unspecified atom stereocenters. The van der Waals surface area contributed by atoms with Crippen molar-refractivity contribution in [2.75, 3.05) is 0 Å². The predicted octanol–water partition coefficient (Wildman–Crippen LogP) is 0.499. The molecule has 1 heterocycles. The van der Waals surface area contributed by atoms with Crippen LogP contribution in [0.1, 0.15) is 25.3 Å². The Bertz CT molecular complexity index is 260. The summed E-state index contributed by atoms with van der Waals surface area (Å²) in [5.74, 6) is 0.485. The highest BCUT2D eigenvalue weighted by Gasteiger charge is 2.03. The van der Waals surface area contributed by atoms with E-state index in [4.69, 9.17) is 7.85 Å². The molecule has 0 N–H and O–H groups in total. The molecule has 0 saturated carbocycles. The molecule has 11 heavy (non-hydrogen) atoms. The number of hydrogen-bond donors (Lipinski definition) is 0. The first-order valence-electron chi connectivity index (χ1n) is 3.62. The van der Waals surface area contributed by atoms with Crippen molar-refractivity contribution in [1.82, 2.24) is 4.98 Å². The molecular weight excluding hydrogens is 152 g/mol. The predicted molar refractivity (Wildman–Crippen MR) is 53.1 cm³/mol. The molecular formula is C8H11BNP. The Hall–Kier alpha value is -0.355. The minimum Gasteiger partial charge on any atom is -0.257 e. The van der Waals surface area contributed by atoms with Crippen LogP contribution < -0.4 is 10.9 Å². The van der Waals surface area contributed by atoms with Crippen LogP contribution in [0, 0.1) is 0 Å². The Morgan fingerprint density at radius 3 is 2.64 bits per heavy atom. The molecule has 0 amide bonds. The molecule has 0 aliphatic heterocycles. The lowest BCUT2D eigenvalue weighted by atomic mass is 9.94. The van der Waals surface area contributed by atoms with Crippen LogP contribution in [0.5, 0.6) is 0 Å². The average molecular weight is 163 g/mol. The first-order valence-corrected chi connectivity index (χ1v) is 4.20. The maximum Gasteiger partial charge on any atom is 0.115 e. The summed E-state index contributed by atoms with van der Waals surface area (Å²) in [4.78, 5) is 4.14. The molecule has 1 atom stereocenters. The number of aromatic nitrogens is 1. The maximum atomic E-state index is 5.59. The first kappa shape index (κ1) is 8.74. The Labute approximate surface area is 71.2 Å². The molecule has 1 aromatic heterocycles. The summed E-state index contributed by atoms with van der Waals surface area (Å²) in [6, 6.07) is 1.97. The minimum absolute atomic E-state index is 0.485. The van der Waals surface area contributed by atoms with Crippen molar-refractivity contribution >= 4 is 28.0 Å². The van der Waals surface area contributed by atoms with Gasteiger partial charge >= 0.3 is 0 Å². The number of hydrogen-bond acceptors (Lipinski definition) is 1. The monoisotopic (exact) mass is 163 g/mol. The molecule has 1 nitrogen and oxygen atoms in total. The van der Waals surface area contributed by atoms with Gasteiger partial charge in [-0.2, -0.15) is 0 Å². The largest absolute Gasteiger partial charge is 0.257 e. The maximum absolute atomic E-state index is 5.59. The van der Waals surface area contributed by atoms with Crippen LogP contribution in [0.15, 0.2) is 12.3 Å².